The monoisotopic (exact) mass is 507 g/mol. The summed E-state index contributed by atoms with van der Waals surface area (Å²) in [6, 6.07) is 9.28. The first-order chi connectivity index (χ1) is 17.6. The number of benzene rings is 1. The SMILES string of the molecule is CC(CCOC(=O)Nc1ccnc(NC(C)c2nc(-c3ccc4ccn(C)c4c3)no2)n1)OC(C)(C)C. The molecule has 2 atom stereocenters. The van der Waals surface area contributed by atoms with Crippen LogP contribution in [0.25, 0.3) is 22.3 Å². The number of ether oxygens (including phenoxy) is 2. The molecule has 37 heavy (non-hydrogen) atoms. The standard InChI is InChI=1S/C26H33N7O4/c1-16(36-26(3,4)5)11-14-35-25(34)30-21-9-12-27-24(29-21)28-17(2)23-31-22(32-37-23)19-8-7-18-10-13-33(6)20(18)15-19/h7-10,12-13,15-17H,11,14H2,1-6H3,(H2,27,28,29,30,34). The molecule has 0 aliphatic rings. The Morgan fingerprint density at radius 3 is 2.76 bits per heavy atom. The fourth-order valence-electron chi connectivity index (χ4n) is 3.80. The maximum atomic E-state index is 12.2. The Kier molecular flexibility index (Phi) is 7.72. The van der Waals surface area contributed by atoms with Crippen molar-refractivity contribution in [3.05, 3.63) is 48.6 Å². The molecule has 1 aromatic carbocycles. The summed E-state index contributed by atoms with van der Waals surface area (Å²) in [5, 5.41) is 11.0. The Morgan fingerprint density at radius 2 is 1.97 bits per heavy atom. The number of hydrogen-bond donors (Lipinski definition) is 2. The minimum Gasteiger partial charge on any atom is -0.449 e. The Labute approximate surface area is 215 Å². The first-order valence-electron chi connectivity index (χ1n) is 12.2. The highest BCUT2D eigenvalue weighted by molar-refractivity contribution is 5.84. The van der Waals surface area contributed by atoms with Crippen molar-refractivity contribution in [2.24, 2.45) is 7.05 Å². The molecule has 0 bridgehead atoms. The van der Waals surface area contributed by atoms with Crippen LogP contribution in [-0.2, 0) is 16.5 Å². The second-order valence-corrected chi connectivity index (χ2v) is 9.88. The number of anilines is 2. The number of hydrogen-bond acceptors (Lipinski definition) is 9. The van der Waals surface area contributed by atoms with E-state index in [2.05, 4.69) is 36.8 Å². The van der Waals surface area contributed by atoms with Gasteiger partial charge in [-0.25, -0.2) is 9.78 Å². The van der Waals surface area contributed by atoms with Crippen LogP contribution in [0, 0.1) is 0 Å². The molecule has 1 amide bonds. The van der Waals surface area contributed by atoms with Crippen LogP contribution in [0.1, 0.15) is 53.0 Å². The van der Waals surface area contributed by atoms with Crippen LogP contribution in [0.4, 0.5) is 16.6 Å². The molecule has 0 aliphatic heterocycles. The third kappa shape index (κ3) is 7.04. The van der Waals surface area contributed by atoms with Crippen molar-refractivity contribution in [2.45, 2.75) is 58.8 Å². The first-order valence-corrected chi connectivity index (χ1v) is 12.2. The third-order valence-corrected chi connectivity index (χ3v) is 5.50. The van der Waals surface area contributed by atoms with E-state index in [4.69, 9.17) is 14.0 Å². The smallest absolute Gasteiger partial charge is 0.412 e. The van der Waals surface area contributed by atoms with Crippen molar-refractivity contribution < 1.29 is 18.8 Å². The zero-order valence-electron chi connectivity index (χ0n) is 22.0. The van der Waals surface area contributed by atoms with Gasteiger partial charge in [0, 0.05) is 36.9 Å². The predicted molar refractivity (Wildman–Crippen MR) is 140 cm³/mol. The normalized spacial score (nSPS) is 13.4. The molecule has 2 unspecified atom stereocenters. The lowest BCUT2D eigenvalue weighted by Crippen LogP contribution is -2.27. The Balaban J connectivity index is 1.32. The Hall–Kier alpha value is -3.99. The molecular formula is C26H33N7O4. The molecule has 0 fully saturated rings. The molecule has 2 N–H and O–H groups in total. The van der Waals surface area contributed by atoms with Crippen LogP contribution < -0.4 is 10.6 Å². The van der Waals surface area contributed by atoms with E-state index >= 15 is 0 Å². The van der Waals surface area contributed by atoms with Crippen molar-refractivity contribution in [1.82, 2.24) is 24.7 Å². The van der Waals surface area contributed by atoms with E-state index in [1.165, 1.54) is 6.20 Å². The zero-order chi connectivity index (χ0) is 26.6. The number of aromatic nitrogens is 5. The summed E-state index contributed by atoms with van der Waals surface area (Å²) >= 11 is 0. The lowest BCUT2D eigenvalue weighted by molar-refractivity contribution is -0.0590. The van der Waals surface area contributed by atoms with E-state index < -0.39 is 6.09 Å². The average molecular weight is 508 g/mol. The van der Waals surface area contributed by atoms with Gasteiger partial charge in [-0.1, -0.05) is 17.3 Å². The quantitative estimate of drug-likeness (QED) is 0.308. The summed E-state index contributed by atoms with van der Waals surface area (Å²) in [6.07, 6.45) is 3.50. The summed E-state index contributed by atoms with van der Waals surface area (Å²) in [6.45, 7) is 10.00. The molecule has 11 nitrogen and oxygen atoms in total. The van der Waals surface area contributed by atoms with Crippen LogP contribution in [0.3, 0.4) is 0 Å². The number of nitrogens with zero attached hydrogens (tertiary/aromatic N) is 5. The maximum absolute atomic E-state index is 12.2. The van der Waals surface area contributed by atoms with E-state index in [1.807, 2.05) is 70.6 Å². The summed E-state index contributed by atoms with van der Waals surface area (Å²) in [5.74, 6) is 1.47. The van der Waals surface area contributed by atoms with Gasteiger partial charge in [-0.3, -0.25) is 5.32 Å². The molecule has 3 aromatic heterocycles. The summed E-state index contributed by atoms with van der Waals surface area (Å²) in [5.41, 5.74) is 1.69. The lowest BCUT2D eigenvalue weighted by atomic mass is 10.1. The van der Waals surface area contributed by atoms with Crippen LogP contribution in [0.5, 0.6) is 0 Å². The van der Waals surface area contributed by atoms with Crippen molar-refractivity contribution in [2.75, 3.05) is 17.2 Å². The summed E-state index contributed by atoms with van der Waals surface area (Å²) in [7, 11) is 1.99. The fourth-order valence-corrected chi connectivity index (χ4v) is 3.80. The molecule has 11 heteroatoms. The van der Waals surface area contributed by atoms with Crippen LogP contribution in [0.2, 0.25) is 0 Å². The van der Waals surface area contributed by atoms with Crippen molar-refractivity contribution in [3.8, 4) is 11.4 Å². The molecule has 4 rings (SSSR count). The van der Waals surface area contributed by atoms with E-state index in [9.17, 15) is 4.79 Å². The van der Waals surface area contributed by atoms with Gasteiger partial charge >= 0.3 is 6.09 Å². The number of nitrogens with one attached hydrogen (secondary N) is 2. The summed E-state index contributed by atoms with van der Waals surface area (Å²) in [4.78, 5) is 25.2. The Bertz CT molecular complexity index is 1360. The van der Waals surface area contributed by atoms with Crippen LogP contribution in [0.15, 0.2) is 47.2 Å². The molecule has 4 aromatic rings. The molecular weight excluding hydrogens is 474 g/mol. The number of rotatable bonds is 9. The maximum Gasteiger partial charge on any atom is 0.412 e. The topological polar surface area (TPSA) is 129 Å². The van der Waals surface area contributed by atoms with Crippen molar-refractivity contribution in [1.29, 1.82) is 0 Å². The largest absolute Gasteiger partial charge is 0.449 e. The predicted octanol–water partition coefficient (Wildman–Crippen LogP) is 5.33. The average Bonchev–Trinajstić information content (AvgIpc) is 3.45. The van der Waals surface area contributed by atoms with Gasteiger partial charge in [0.15, 0.2) is 0 Å². The highest BCUT2D eigenvalue weighted by atomic mass is 16.6. The first kappa shape index (κ1) is 26.1. The number of aryl methyl sites for hydroxylation is 1. The van der Waals surface area contributed by atoms with Gasteiger partial charge in [0.05, 0.1) is 18.3 Å². The summed E-state index contributed by atoms with van der Waals surface area (Å²) < 4.78 is 18.6. The molecule has 0 aliphatic carbocycles. The number of fused-ring (bicyclic) bond motifs is 1. The Morgan fingerprint density at radius 1 is 1.16 bits per heavy atom. The molecule has 0 saturated carbocycles. The third-order valence-electron chi connectivity index (χ3n) is 5.50. The number of carbonyl (C=O) groups excluding carboxylic acids is 1. The van der Waals surface area contributed by atoms with Crippen LogP contribution >= 0.6 is 0 Å². The molecule has 0 spiro atoms. The lowest BCUT2D eigenvalue weighted by Gasteiger charge is -2.24. The van der Waals surface area contributed by atoms with Gasteiger partial charge in [-0.05, 0) is 58.2 Å². The second kappa shape index (κ2) is 11.0. The minimum atomic E-state index is -0.600. The van der Waals surface area contributed by atoms with Crippen molar-refractivity contribution >= 4 is 28.8 Å². The van der Waals surface area contributed by atoms with Gasteiger partial charge < -0.3 is 23.9 Å². The fraction of sp³-hybridized carbons (Fsp3) is 0.423. The van der Waals surface area contributed by atoms with Crippen LogP contribution in [-0.4, -0.2) is 49.1 Å². The molecule has 0 saturated heterocycles. The van der Waals surface area contributed by atoms with Gasteiger partial charge in [0.1, 0.15) is 11.9 Å². The minimum absolute atomic E-state index is 0.0320. The van der Waals surface area contributed by atoms with Gasteiger partial charge in [-0.15, -0.1) is 0 Å². The highest BCUT2D eigenvalue weighted by Gasteiger charge is 2.18. The highest BCUT2D eigenvalue weighted by Crippen LogP contribution is 2.25. The second-order valence-electron chi connectivity index (χ2n) is 9.88. The van der Waals surface area contributed by atoms with E-state index in [0.29, 0.717) is 29.9 Å². The van der Waals surface area contributed by atoms with Gasteiger partial charge in [-0.2, -0.15) is 9.97 Å². The van der Waals surface area contributed by atoms with Crippen molar-refractivity contribution in [3.63, 3.8) is 0 Å². The van der Waals surface area contributed by atoms with Gasteiger partial charge in [0.2, 0.25) is 17.7 Å². The van der Waals surface area contributed by atoms with E-state index in [0.717, 1.165) is 16.5 Å². The molecule has 3 heterocycles. The number of carbonyl (C=O) groups is 1. The molecule has 196 valence electrons. The molecule has 0 radical (unpaired) electrons. The van der Waals surface area contributed by atoms with E-state index in [1.54, 1.807) is 6.07 Å². The van der Waals surface area contributed by atoms with Gasteiger partial charge in [0.25, 0.3) is 0 Å². The number of amides is 1. The zero-order valence-corrected chi connectivity index (χ0v) is 22.0. The van der Waals surface area contributed by atoms with E-state index in [-0.39, 0.29) is 24.4 Å².